The molecule has 0 aromatic heterocycles. The summed E-state index contributed by atoms with van der Waals surface area (Å²) in [5, 5.41) is 15.7. The van der Waals surface area contributed by atoms with Gasteiger partial charge in [-0.3, -0.25) is 4.79 Å². The van der Waals surface area contributed by atoms with E-state index in [0.717, 1.165) is 37.8 Å². The van der Waals surface area contributed by atoms with E-state index in [1.807, 2.05) is 0 Å². The highest BCUT2D eigenvalue weighted by molar-refractivity contribution is 6.05. The van der Waals surface area contributed by atoms with Gasteiger partial charge >= 0.3 is 0 Å². The van der Waals surface area contributed by atoms with Gasteiger partial charge in [0.1, 0.15) is 0 Å². The molecule has 2 atom stereocenters. The van der Waals surface area contributed by atoms with E-state index in [1.54, 1.807) is 0 Å². The first-order chi connectivity index (χ1) is 7.72. The van der Waals surface area contributed by atoms with Crippen molar-refractivity contribution in [2.45, 2.75) is 50.7 Å². The lowest BCUT2D eigenvalue weighted by molar-refractivity contribution is -0.133. The van der Waals surface area contributed by atoms with E-state index in [2.05, 4.69) is 5.10 Å². The minimum Gasteiger partial charge on any atom is -0.391 e. The molecule has 0 radical (unpaired) electrons. The molecule has 0 spiro atoms. The normalized spacial score (nSPS) is 31.5. The SMILES string of the molecule is NCC1=NN(C2CCCCCC2O)C(=O)C1. The zero-order valence-corrected chi connectivity index (χ0v) is 9.43. The molecule has 3 N–H and O–H groups in total. The monoisotopic (exact) mass is 225 g/mol. The second-order valence-corrected chi connectivity index (χ2v) is 4.56. The maximum absolute atomic E-state index is 11.7. The molecule has 2 rings (SSSR count). The van der Waals surface area contributed by atoms with Crippen LogP contribution in [0.15, 0.2) is 5.10 Å². The van der Waals surface area contributed by atoms with E-state index in [9.17, 15) is 9.90 Å². The van der Waals surface area contributed by atoms with Gasteiger partial charge in [-0.05, 0) is 12.8 Å². The summed E-state index contributed by atoms with van der Waals surface area (Å²) in [6.07, 6.45) is 4.71. The lowest BCUT2D eigenvalue weighted by Crippen LogP contribution is -2.41. The van der Waals surface area contributed by atoms with Gasteiger partial charge in [-0.15, -0.1) is 0 Å². The Kier molecular flexibility index (Phi) is 3.56. The highest BCUT2D eigenvalue weighted by atomic mass is 16.3. The van der Waals surface area contributed by atoms with E-state index in [4.69, 9.17) is 5.73 Å². The molecule has 5 nitrogen and oxygen atoms in total. The maximum atomic E-state index is 11.7. The van der Waals surface area contributed by atoms with Gasteiger partial charge in [0.25, 0.3) is 0 Å². The van der Waals surface area contributed by atoms with Crippen LogP contribution >= 0.6 is 0 Å². The predicted octanol–water partition coefficient (Wildman–Crippen LogP) is 0.227. The average Bonchev–Trinajstić information content (AvgIpc) is 2.51. The van der Waals surface area contributed by atoms with Crippen LogP contribution in [0.4, 0.5) is 0 Å². The molecule has 0 saturated heterocycles. The molecule has 0 aromatic carbocycles. The molecule has 2 aliphatic rings. The van der Waals surface area contributed by atoms with E-state index >= 15 is 0 Å². The van der Waals surface area contributed by atoms with Gasteiger partial charge in [0.15, 0.2) is 0 Å². The van der Waals surface area contributed by atoms with E-state index in [1.165, 1.54) is 5.01 Å². The Labute approximate surface area is 95.3 Å². The molecule has 90 valence electrons. The van der Waals surface area contributed by atoms with E-state index in [0.29, 0.717) is 13.0 Å². The first-order valence-electron chi connectivity index (χ1n) is 5.99. The number of aliphatic hydroxyl groups is 1. The molecule has 1 saturated carbocycles. The van der Waals surface area contributed by atoms with Gasteiger partial charge < -0.3 is 10.8 Å². The number of hydrogen-bond acceptors (Lipinski definition) is 4. The standard InChI is InChI=1S/C11H19N3O2/c12-7-8-6-11(16)14(13-8)9-4-2-1-3-5-10(9)15/h9-10,15H,1-7,12H2. The first-order valence-corrected chi connectivity index (χ1v) is 5.99. The number of carbonyl (C=O) groups excluding carboxylic acids is 1. The average molecular weight is 225 g/mol. The molecule has 1 amide bonds. The number of aliphatic hydroxyl groups excluding tert-OH is 1. The van der Waals surface area contributed by atoms with Crippen molar-refractivity contribution >= 4 is 11.6 Å². The van der Waals surface area contributed by atoms with Gasteiger partial charge in [-0.2, -0.15) is 5.10 Å². The Morgan fingerprint density at radius 3 is 2.81 bits per heavy atom. The zero-order chi connectivity index (χ0) is 11.5. The molecule has 2 unspecified atom stereocenters. The smallest absolute Gasteiger partial charge is 0.248 e. The van der Waals surface area contributed by atoms with Crippen molar-refractivity contribution in [3.8, 4) is 0 Å². The van der Waals surface area contributed by atoms with Gasteiger partial charge in [-0.1, -0.05) is 19.3 Å². The second-order valence-electron chi connectivity index (χ2n) is 4.56. The Bertz CT molecular complexity index is 304. The van der Waals surface area contributed by atoms with E-state index in [-0.39, 0.29) is 11.9 Å². The Morgan fingerprint density at radius 1 is 1.38 bits per heavy atom. The summed E-state index contributed by atoms with van der Waals surface area (Å²) >= 11 is 0. The Hall–Kier alpha value is -0.940. The minimum atomic E-state index is -0.438. The summed E-state index contributed by atoms with van der Waals surface area (Å²) in [7, 11) is 0. The van der Waals surface area contributed by atoms with Crippen molar-refractivity contribution in [3.63, 3.8) is 0 Å². The van der Waals surface area contributed by atoms with Gasteiger partial charge in [-0.25, -0.2) is 5.01 Å². The third-order valence-electron chi connectivity index (χ3n) is 3.35. The van der Waals surface area contributed by atoms with Crippen LogP contribution in [-0.2, 0) is 4.79 Å². The predicted molar refractivity (Wildman–Crippen MR) is 60.8 cm³/mol. The van der Waals surface area contributed by atoms with Gasteiger partial charge in [0, 0.05) is 6.54 Å². The topological polar surface area (TPSA) is 78.9 Å². The number of amides is 1. The fourth-order valence-corrected chi connectivity index (χ4v) is 2.42. The van der Waals surface area contributed by atoms with Crippen LogP contribution in [0.3, 0.4) is 0 Å². The van der Waals surface area contributed by atoms with Gasteiger partial charge in [0.2, 0.25) is 5.91 Å². The molecule has 5 heteroatoms. The molecule has 1 aliphatic heterocycles. The van der Waals surface area contributed by atoms with Crippen LogP contribution in [0.5, 0.6) is 0 Å². The summed E-state index contributed by atoms with van der Waals surface area (Å²) in [5.41, 5.74) is 6.20. The molecular weight excluding hydrogens is 206 g/mol. The molecule has 16 heavy (non-hydrogen) atoms. The summed E-state index contributed by atoms with van der Waals surface area (Å²) in [6.45, 7) is 0.324. The van der Waals surface area contributed by atoms with Crippen LogP contribution in [-0.4, -0.2) is 40.4 Å². The van der Waals surface area contributed by atoms with E-state index < -0.39 is 6.10 Å². The third-order valence-corrected chi connectivity index (χ3v) is 3.35. The van der Waals surface area contributed by atoms with Crippen molar-refractivity contribution in [2.75, 3.05) is 6.54 Å². The number of carbonyl (C=O) groups is 1. The lowest BCUT2D eigenvalue weighted by atomic mass is 10.1. The fourth-order valence-electron chi connectivity index (χ4n) is 2.42. The highest BCUT2D eigenvalue weighted by Gasteiger charge is 2.34. The quantitative estimate of drug-likeness (QED) is 0.660. The fraction of sp³-hybridized carbons (Fsp3) is 0.818. The number of nitrogens with two attached hydrogens (primary N) is 1. The van der Waals surface area contributed by atoms with Crippen LogP contribution < -0.4 is 5.73 Å². The van der Waals surface area contributed by atoms with Crippen LogP contribution in [0.1, 0.15) is 38.5 Å². The maximum Gasteiger partial charge on any atom is 0.248 e. The number of nitrogens with zero attached hydrogens (tertiary/aromatic N) is 2. The summed E-state index contributed by atoms with van der Waals surface area (Å²) in [5.74, 6) is -0.0219. The first kappa shape index (κ1) is 11.5. The molecule has 1 heterocycles. The van der Waals surface area contributed by atoms with Crippen LogP contribution in [0, 0.1) is 0 Å². The molecule has 0 aromatic rings. The van der Waals surface area contributed by atoms with Crippen molar-refractivity contribution in [2.24, 2.45) is 10.8 Å². The van der Waals surface area contributed by atoms with Crippen molar-refractivity contribution in [3.05, 3.63) is 0 Å². The van der Waals surface area contributed by atoms with Crippen LogP contribution in [0.25, 0.3) is 0 Å². The number of hydrazone groups is 1. The minimum absolute atomic E-state index is 0.0219. The molecule has 1 fully saturated rings. The van der Waals surface area contributed by atoms with Crippen LogP contribution in [0.2, 0.25) is 0 Å². The Morgan fingerprint density at radius 2 is 2.12 bits per heavy atom. The summed E-state index contributed by atoms with van der Waals surface area (Å²) in [4.78, 5) is 11.7. The zero-order valence-electron chi connectivity index (χ0n) is 9.43. The lowest BCUT2D eigenvalue weighted by Gasteiger charge is -2.27. The number of rotatable bonds is 2. The second kappa shape index (κ2) is 4.93. The van der Waals surface area contributed by atoms with Crippen molar-refractivity contribution in [1.29, 1.82) is 0 Å². The van der Waals surface area contributed by atoms with Crippen molar-refractivity contribution in [1.82, 2.24) is 5.01 Å². The molecular formula is C11H19N3O2. The third kappa shape index (κ3) is 2.25. The van der Waals surface area contributed by atoms with Gasteiger partial charge in [0.05, 0.1) is 24.3 Å². The molecule has 0 bridgehead atoms. The summed E-state index contributed by atoms with van der Waals surface area (Å²) < 4.78 is 0. The molecule has 1 aliphatic carbocycles. The number of hydrogen-bond donors (Lipinski definition) is 2. The highest BCUT2D eigenvalue weighted by Crippen LogP contribution is 2.25. The largest absolute Gasteiger partial charge is 0.391 e. The van der Waals surface area contributed by atoms with Crippen molar-refractivity contribution < 1.29 is 9.90 Å². The summed E-state index contributed by atoms with van der Waals surface area (Å²) in [6, 6.07) is -0.140. The Balaban J connectivity index is 2.10.